The molecule has 0 radical (unpaired) electrons. The SMILES string of the molecule is Cc1cc(OCc2ccccc2)c(C)c(B2OCC(C)(C)CO2)c1C=O. The maximum Gasteiger partial charge on any atom is 0.495 e. The van der Waals surface area contributed by atoms with E-state index in [2.05, 4.69) is 13.8 Å². The molecule has 3 rings (SSSR count). The summed E-state index contributed by atoms with van der Waals surface area (Å²) >= 11 is 0. The van der Waals surface area contributed by atoms with Crippen LogP contribution in [0.5, 0.6) is 5.75 Å². The van der Waals surface area contributed by atoms with Crippen molar-refractivity contribution < 1.29 is 18.8 Å². The maximum atomic E-state index is 11.7. The van der Waals surface area contributed by atoms with E-state index in [-0.39, 0.29) is 5.41 Å². The second kappa shape index (κ2) is 7.64. The Kier molecular flexibility index (Phi) is 5.49. The maximum absolute atomic E-state index is 11.7. The average molecular weight is 352 g/mol. The highest BCUT2D eigenvalue weighted by molar-refractivity contribution is 6.63. The molecular weight excluding hydrogens is 327 g/mol. The first-order valence-corrected chi connectivity index (χ1v) is 8.90. The van der Waals surface area contributed by atoms with Crippen LogP contribution in [0.25, 0.3) is 0 Å². The van der Waals surface area contributed by atoms with E-state index in [4.69, 9.17) is 14.0 Å². The molecule has 0 unspecified atom stereocenters. The lowest BCUT2D eigenvalue weighted by Crippen LogP contribution is -2.49. The molecule has 0 spiro atoms. The van der Waals surface area contributed by atoms with Gasteiger partial charge in [-0.3, -0.25) is 4.79 Å². The predicted octanol–water partition coefficient (Wildman–Crippen LogP) is 3.46. The molecule has 0 aliphatic carbocycles. The number of ether oxygens (including phenoxy) is 1. The van der Waals surface area contributed by atoms with Crippen molar-refractivity contribution in [3.8, 4) is 5.75 Å². The van der Waals surface area contributed by atoms with Gasteiger partial charge < -0.3 is 14.0 Å². The molecule has 0 N–H and O–H groups in total. The van der Waals surface area contributed by atoms with Crippen LogP contribution < -0.4 is 10.2 Å². The van der Waals surface area contributed by atoms with Crippen LogP contribution in [0, 0.1) is 19.3 Å². The summed E-state index contributed by atoms with van der Waals surface area (Å²) in [6.45, 7) is 9.71. The minimum absolute atomic E-state index is 0.0256. The topological polar surface area (TPSA) is 44.8 Å². The van der Waals surface area contributed by atoms with E-state index in [0.29, 0.717) is 25.4 Å². The Hall–Kier alpha value is -2.11. The average Bonchev–Trinajstić information content (AvgIpc) is 2.63. The van der Waals surface area contributed by atoms with Crippen molar-refractivity contribution >= 4 is 18.9 Å². The Bertz CT molecular complexity index is 776. The second-order valence-electron chi connectivity index (χ2n) is 7.65. The quantitative estimate of drug-likeness (QED) is 0.611. The van der Waals surface area contributed by atoms with E-state index in [1.165, 1.54) is 0 Å². The third kappa shape index (κ3) is 4.00. The van der Waals surface area contributed by atoms with Crippen LogP contribution in [0.2, 0.25) is 0 Å². The molecule has 2 aromatic carbocycles. The molecule has 1 fully saturated rings. The van der Waals surface area contributed by atoms with Gasteiger partial charge in [0.1, 0.15) is 18.6 Å². The van der Waals surface area contributed by atoms with Crippen LogP contribution in [0.1, 0.15) is 40.9 Å². The zero-order chi connectivity index (χ0) is 18.7. The molecular formula is C21H25BO4. The summed E-state index contributed by atoms with van der Waals surface area (Å²) in [6.07, 6.45) is 0.880. The molecule has 0 aromatic heterocycles. The van der Waals surface area contributed by atoms with E-state index in [0.717, 1.165) is 34.2 Å². The molecule has 0 atom stereocenters. The third-order valence-corrected chi connectivity index (χ3v) is 4.68. The molecule has 1 saturated heterocycles. The number of aryl methyl sites for hydroxylation is 1. The van der Waals surface area contributed by atoms with Gasteiger partial charge in [-0.25, -0.2) is 0 Å². The summed E-state index contributed by atoms with van der Waals surface area (Å²) < 4.78 is 17.9. The van der Waals surface area contributed by atoms with Crippen molar-refractivity contribution in [3.05, 3.63) is 58.7 Å². The first kappa shape index (κ1) is 18.7. The number of carbonyl (C=O) groups excluding carboxylic acids is 1. The molecule has 5 heteroatoms. The lowest BCUT2D eigenvalue weighted by Gasteiger charge is -2.34. The summed E-state index contributed by atoms with van der Waals surface area (Å²) in [5, 5.41) is 0. The van der Waals surface area contributed by atoms with Crippen LogP contribution in [-0.2, 0) is 15.9 Å². The Morgan fingerprint density at radius 3 is 2.42 bits per heavy atom. The van der Waals surface area contributed by atoms with Crippen LogP contribution in [0.4, 0.5) is 0 Å². The third-order valence-electron chi connectivity index (χ3n) is 4.68. The molecule has 1 heterocycles. The summed E-state index contributed by atoms with van der Waals surface area (Å²) in [6, 6.07) is 11.9. The number of hydrogen-bond acceptors (Lipinski definition) is 4. The van der Waals surface area contributed by atoms with Crippen molar-refractivity contribution in [3.63, 3.8) is 0 Å². The highest BCUT2D eigenvalue weighted by Crippen LogP contribution is 2.26. The molecule has 0 amide bonds. The van der Waals surface area contributed by atoms with Crippen molar-refractivity contribution in [2.45, 2.75) is 34.3 Å². The van der Waals surface area contributed by atoms with Gasteiger partial charge in [0, 0.05) is 24.2 Å². The van der Waals surface area contributed by atoms with E-state index in [1.54, 1.807) is 0 Å². The first-order chi connectivity index (χ1) is 12.4. The van der Waals surface area contributed by atoms with E-state index < -0.39 is 7.12 Å². The van der Waals surface area contributed by atoms with Gasteiger partial charge in [-0.1, -0.05) is 44.2 Å². The molecule has 136 valence electrons. The van der Waals surface area contributed by atoms with Gasteiger partial charge in [0.05, 0.1) is 0 Å². The van der Waals surface area contributed by atoms with Gasteiger partial charge in [0.25, 0.3) is 0 Å². The lowest BCUT2D eigenvalue weighted by molar-refractivity contribution is 0.0341. The van der Waals surface area contributed by atoms with Crippen LogP contribution in [0.15, 0.2) is 36.4 Å². The number of carbonyl (C=O) groups is 1. The number of hydrogen-bond donors (Lipinski definition) is 0. The Balaban J connectivity index is 1.90. The van der Waals surface area contributed by atoms with Crippen LogP contribution in [0.3, 0.4) is 0 Å². The van der Waals surface area contributed by atoms with Gasteiger partial charge in [-0.05, 0) is 42.1 Å². The van der Waals surface area contributed by atoms with Crippen molar-refractivity contribution in [2.24, 2.45) is 5.41 Å². The summed E-state index contributed by atoms with van der Waals surface area (Å²) in [5.41, 5.74) is 4.22. The first-order valence-electron chi connectivity index (χ1n) is 8.90. The fourth-order valence-corrected chi connectivity index (χ4v) is 3.13. The number of benzene rings is 2. The lowest BCUT2D eigenvalue weighted by atomic mass is 9.70. The molecule has 2 aromatic rings. The van der Waals surface area contributed by atoms with Crippen LogP contribution >= 0.6 is 0 Å². The van der Waals surface area contributed by atoms with Crippen LogP contribution in [-0.4, -0.2) is 26.6 Å². The summed E-state index contributed by atoms with van der Waals surface area (Å²) in [4.78, 5) is 11.7. The minimum Gasteiger partial charge on any atom is -0.489 e. The zero-order valence-electron chi connectivity index (χ0n) is 15.9. The molecule has 4 nitrogen and oxygen atoms in total. The molecule has 0 saturated carbocycles. The van der Waals surface area contributed by atoms with Gasteiger partial charge in [0.2, 0.25) is 0 Å². The normalized spacial score (nSPS) is 16.4. The van der Waals surface area contributed by atoms with Gasteiger partial charge in [-0.15, -0.1) is 0 Å². The number of aldehydes is 1. The monoisotopic (exact) mass is 352 g/mol. The standard InChI is InChI=1S/C21H25BO4/c1-15-10-19(24-12-17-8-6-5-7-9-17)16(2)20(18(15)11-23)22-25-13-21(3,4)14-26-22/h5-11H,12-14H2,1-4H3. The Morgan fingerprint density at radius 1 is 1.15 bits per heavy atom. The van der Waals surface area contributed by atoms with Gasteiger partial charge >= 0.3 is 7.12 Å². The van der Waals surface area contributed by atoms with Crippen molar-refractivity contribution in [2.75, 3.05) is 13.2 Å². The van der Waals surface area contributed by atoms with Crippen molar-refractivity contribution in [1.82, 2.24) is 0 Å². The number of rotatable bonds is 5. The molecule has 26 heavy (non-hydrogen) atoms. The minimum atomic E-state index is -0.540. The molecule has 0 bridgehead atoms. The Labute approximate surface area is 155 Å². The second-order valence-corrected chi connectivity index (χ2v) is 7.65. The fraction of sp³-hybridized carbons (Fsp3) is 0.381. The van der Waals surface area contributed by atoms with E-state index in [9.17, 15) is 4.79 Å². The highest BCUT2D eigenvalue weighted by Gasteiger charge is 2.36. The predicted molar refractivity (Wildman–Crippen MR) is 103 cm³/mol. The smallest absolute Gasteiger partial charge is 0.489 e. The van der Waals surface area contributed by atoms with E-state index >= 15 is 0 Å². The van der Waals surface area contributed by atoms with E-state index in [1.807, 2.05) is 50.2 Å². The fourth-order valence-electron chi connectivity index (χ4n) is 3.13. The largest absolute Gasteiger partial charge is 0.495 e. The molecule has 1 aliphatic heterocycles. The van der Waals surface area contributed by atoms with Crippen molar-refractivity contribution in [1.29, 1.82) is 0 Å². The Morgan fingerprint density at radius 2 is 1.81 bits per heavy atom. The summed E-state index contributed by atoms with van der Waals surface area (Å²) in [5.74, 6) is 0.754. The summed E-state index contributed by atoms with van der Waals surface area (Å²) in [7, 11) is -0.540. The van der Waals surface area contributed by atoms with Gasteiger partial charge in [0.15, 0.2) is 0 Å². The highest BCUT2D eigenvalue weighted by atomic mass is 16.6. The zero-order valence-corrected chi connectivity index (χ0v) is 15.9. The van der Waals surface area contributed by atoms with Gasteiger partial charge in [-0.2, -0.15) is 0 Å². The molecule has 1 aliphatic rings.